The first-order valence-corrected chi connectivity index (χ1v) is 11.2. The molecule has 0 radical (unpaired) electrons. The molecule has 1 atom stereocenters. The minimum Gasteiger partial charge on any atom is -0.338 e. The van der Waals surface area contributed by atoms with Crippen molar-refractivity contribution in [2.45, 2.75) is 39.5 Å². The zero-order chi connectivity index (χ0) is 22.0. The van der Waals surface area contributed by atoms with Crippen molar-refractivity contribution in [1.82, 2.24) is 29.6 Å². The lowest BCUT2D eigenvalue weighted by molar-refractivity contribution is -0.127. The molecule has 1 fully saturated rings. The quantitative estimate of drug-likeness (QED) is 0.612. The molecule has 0 aliphatic carbocycles. The lowest BCUT2D eigenvalue weighted by Crippen LogP contribution is -2.38. The Balaban J connectivity index is 1.47. The lowest BCUT2D eigenvalue weighted by Gasteiger charge is -2.32. The van der Waals surface area contributed by atoms with Crippen molar-refractivity contribution in [3.05, 3.63) is 52.2 Å². The van der Waals surface area contributed by atoms with Gasteiger partial charge in [0.1, 0.15) is 11.6 Å². The molecule has 4 heterocycles. The Kier molecular flexibility index (Phi) is 6.13. The average molecular weight is 438 g/mol. The second-order valence-electron chi connectivity index (χ2n) is 7.85. The number of aromatic nitrogens is 5. The number of carbonyl (C=O) groups is 1. The van der Waals surface area contributed by atoms with Gasteiger partial charge in [0.25, 0.3) is 0 Å². The first-order chi connectivity index (χ1) is 14.9. The average Bonchev–Trinajstić information content (AvgIpc) is 3.29. The van der Waals surface area contributed by atoms with Crippen molar-refractivity contribution >= 4 is 34.3 Å². The van der Waals surface area contributed by atoms with Crippen LogP contribution >= 0.6 is 11.3 Å². The number of hydrogen-bond acceptors (Lipinski definition) is 7. The molecule has 31 heavy (non-hydrogen) atoms. The molecular formula is C22H27N7OS. The van der Waals surface area contributed by atoms with Crippen LogP contribution in [0.4, 0.5) is 10.9 Å². The molecule has 4 rings (SSSR count). The molecule has 1 aliphatic heterocycles. The van der Waals surface area contributed by atoms with E-state index in [0.717, 1.165) is 47.4 Å². The van der Waals surface area contributed by atoms with E-state index in [9.17, 15) is 4.79 Å². The fourth-order valence-electron chi connectivity index (χ4n) is 3.73. The molecule has 1 saturated heterocycles. The van der Waals surface area contributed by atoms with E-state index >= 15 is 0 Å². The van der Waals surface area contributed by atoms with Gasteiger partial charge < -0.3 is 10.2 Å². The summed E-state index contributed by atoms with van der Waals surface area (Å²) in [4.78, 5) is 29.6. The highest BCUT2D eigenvalue weighted by Gasteiger charge is 2.25. The second-order valence-corrected chi connectivity index (χ2v) is 9.05. The van der Waals surface area contributed by atoms with Gasteiger partial charge in [-0.2, -0.15) is 5.10 Å². The maximum Gasteiger partial charge on any atom is 0.246 e. The summed E-state index contributed by atoms with van der Waals surface area (Å²) in [7, 11) is 1.86. The van der Waals surface area contributed by atoms with Crippen LogP contribution in [0.15, 0.2) is 24.4 Å². The first kappa shape index (κ1) is 21.2. The Morgan fingerprint density at radius 1 is 1.26 bits per heavy atom. The van der Waals surface area contributed by atoms with Gasteiger partial charge in [0, 0.05) is 49.3 Å². The third-order valence-electron chi connectivity index (χ3n) is 5.53. The molecule has 0 bridgehead atoms. The largest absolute Gasteiger partial charge is 0.338 e. The molecule has 1 N–H and O–H groups in total. The third kappa shape index (κ3) is 4.99. The van der Waals surface area contributed by atoms with Crippen molar-refractivity contribution in [2.24, 2.45) is 7.05 Å². The highest BCUT2D eigenvalue weighted by atomic mass is 32.1. The Morgan fingerprint density at radius 2 is 2.10 bits per heavy atom. The molecule has 1 unspecified atom stereocenters. The number of hydrogen-bond donors (Lipinski definition) is 1. The zero-order valence-electron chi connectivity index (χ0n) is 18.3. The van der Waals surface area contributed by atoms with E-state index in [1.54, 1.807) is 28.3 Å². The fourth-order valence-corrected chi connectivity index (χ4v) is 4.55. The van der Waals surface area contributed by atoms with Gasteiger partial charge in [0.2, 0.25) is 5.91 Å². The summed E-state index contributed by atoms with van der Waals surface area (Å²) < 4.78 is 1.74. The molecule has 0 spiro atoms. The van der Waals surface area contributed by atoms with Crippen LogP contribution in [0.3, 0.4) is 0 Å². The molecule has 9 heteroatoms. The molecule has 1 amide bonds. The van der Waals surface area contributed by atoms with E-state index in [-0.39, 0.29) is 11.8 Å². The number of nitrogens with zero attached hydrogens (tertiary/aromatic N) is 6. The van der Waals surface area contributed by atoms with Crippen LogP contribution in [-0.2, 0) is 11.8 Å². The Bertz CT molecular complexity index is 1100. The predicted molar refractivity (Wildman–Crippen MR) is 122 cm³/mol. The Hall–Kier alpha value is -3.07. The number of amides is 1. The minimum absolute atomic E-state index is 0.0174. The van der Waals surface area contributed by atoms with Crippen LogP contribution in [0.1, 0.15) is 46.5 Å². The van der Waals surface area contributed by atoms with Crippen LogP contribution in [-0.4, -0.2) is 48.6 Å². The van der Waals surface area contributed by atoms with Gasteiger partial charge in [-0.25, -0.2) is 15.0 Å². The van der Waals surface area contributed by atoms with Gasteiger partial charge >= 0.3 is 0 Å². The van der Waals surface area contributed by atoms with E-state index in [4.69, 9.17) is 0 Å². The van der Waals surface area contributed by atoms with Crippen molar-refractivity contribution in [1.29, 1.82) is 0 Å². The normalized spacial score (nSPS) is 16.8. The third-order valence-corrected chi connectivity index (χ3v) is 6.52. The monoisotopic (exact) mass is 437 g/mol. The molecule has 0 saturated carbocycles. The second kappa shape index (κ2) is 8.97. The number of aryl methyl sites for hydroxylation is 4. The van der Waals surface area contributed by atoms with Gasteiger partial charge in [-0.05, 0) is 45.8 Å². The number of anilines is 2. The lowest BCUT2D eigenvalue weighted by atomic mass is 9.94. The summed E-state index contributed by atoms with van der Waals surface area (Å²) in [5, 5.41) is 8.28. The maximum atomic E-state index is 12.7. The van der Waals surface area contributed by atoms with Crippen molar-refractivity contribution in [3.8, 4) is 0 Å². The standard InChI is InChI=1S/C22H27N7OS/c1-14-15(2)31-22(24-14)27-20-12-19(25-16(3)26-20)17-6-5-11-29(13-17)21(30)8-7-18-9-10-23-28(18)4/h7-10,12,17H,5-6,11,13H2,1-4H3,(H,24,25,26,27)/b8-7+. The summed E-state index contributed by atoms with van der Waals surface area (Å²) in [5.41, 5.74) is 2.89. The predicted octanol–water partition coefficient (Wildman–Crippen LogP) is 3.75. The highest BCUT2D eigenvalue weighted by molar-refractivity contribution is 7.15. The van der Waals surface area contributed by atoms with E-state index in [1.165, 1.54) is 4.88 Å². The summed E-state index contributed by atoms with van der Waals surface area (Å²) >= 11 is 1.62. The van der Waals surface area contributed by atoms with Crippen LogP contribution in [0, 0.1) is 20.8 Å². The maximum absolute atomic E-state index is 12.7. The fraction of sp³-hybridized carbons (Fsp3) is 0.409. The molecular weight excluding hydrogens is 410 g/mol. The number of thiazole rings is 1. The summed E-state index contributed by atoms with van der Waals surface area (Å²) in [5.74, 6) is 1.66. The number of nitrogens with one attached hydrogen (secondary N) is 1. The van der Waals surface area contributed by atoms with E-state index in [2.05, 4.69) is 32.3 Å². The summed E-state index contributed by atoms with van der Waals surface area (Å²) in [6.45, 7) is 7.38. The van der Waals surface area contributed by atoms with Gasteiger partial charge in [-0.1, -0.05) is 0 Å². The Morgan fingerprint density at radius 3 is 2.81 bits per heavy atom. The van der Waals surface area contributed by atoms with Crippen molar-refractivity contribution in [2.75, 3.05) is 18.4 Å². The van der Waals surface area contributed by atoms with E-state index < -0.39 is 0 Å². The molecule has 8 nitrogen and oxygen atoms in total. The SMILES string of the molecule is Cc1nc(Nc2nc(C)c(C)s2)cc(C2CCCN(C(=O)/C=C/c3ccnn3C)C2)n1. The van der Waals surface area contributed by atoms with Crippen LogP contribution < -0.4 is 5.32 Å². The van der Waals surface area contributed by atoms with Gasteiger partial charge in [-0.15, -0.1) is 11.3 Å². The van der Waals surface area contributed by atoms with Crippen LogP contribution in [0.2, 0.25) is 0 Å². The van der Waals surface area contributed by atoms with Crippen LogP contribution in [0.25, 0.3) is 6.08 Å². The van der Waals surface area contributed by atoms with Crippen molar-refractivity contribution in [3.63, 3.8) is 0 Å². The highest BCUT2D eigenvalue weighted by Crippen LogP contribution is 2.29. The number of likely N-dealkylation sites (tertiary alicyclic amines) is 1. The number of rotatable bonds is 5. The van der Waals surface area contributed by atoms with Crippen LogP contribution in [0.5, 0.6) is 0 Å². The first-order valence-electron chi connectivity index (χ1n) is 10.4. The van der Waals surface area contributed by atoms with E-state index in [0.29, 0.717) is 12.4 Å². The van der Waals surface area contributed by atoms with Gasteiger partial charge in [0.15, 0.2) is 5.13 Å². The molecule has 1 aliphatic rings. The summed E-state index contributed by atoms with van der Waals surface area (Å²) in [6.07, 6.45) is 7.12. The zero-order valence-corrected chi connectivity index (χ0v) is 19.1. The summed E-state index contributed by atoms with van der Waals surface area (Å²) in [6, 6.07) is 3.87. The Labute approximate surface area is 186 Å². The molecule has 3 aromatic heterocycles. The number of carbonyl (C=O) groups excluding carboxylic acids is 1. The van der Waals surface area contributed by atoms with Gasteiger partial charge in [-0.3, -0.25) is 9.48 Å². The smallest absolute Gasteiger partial charge is 0.246 e. The molecule has 162 valence electrons. The number of piperidine rings is 1. The topological polar surface area (TPSA) is 88.8 Å². The van der Waals surface area contributed by atoms with Crippen molar-refractivity contribution < 1.29 is 4.79 Å². The molecule has 3 aromatic rings. The van der Waals surface area contributed by atoms with Gasteiger partial charge in [0.05, 0.1) is 17.1 Å². The minimum atomic E-state index is 0.0174. The van der Waals surface area contributed by atoms with E-state index in [1.807, 2.05) is 44.0 Å². The molecule has 0 aromatic carbocycles.